The van der Waals surface area contributed by atoms with Gasteiger partial charge in [0.05, 0.1) is 29.5 Å². The van der Waals surface area contributed by atoms with Crippen LogP contribution in [-0.2, 0) is 16.1 Å². The first-order valence-corrected chi connectivity index (χ1v) is 10.8. The Labute approximate surface area is 185 Å². The van der Waals surface area contributed by atoms with Gasteiger partial charge in [0, 0.05) is 6.04 Å². The Balaban J connectivity index is 1.37. The highest BCUT2D eigenvalue weighted by Gasteiger charge is 2.36. The summed E-state index contributed by atoms with van der Waals surface area (Å²) in [6, 6.07) is 7.61. The van der Waals surface area contributed by atoms with E-state index in [0.29, 0.717) is 17.6 Å². The molecule has 0 bridgehead atoms. The molecule has 1 N–H and O–H groups in total. The second-order valence-electron chi connectivity index (χ2n) is 8.55. The van der Waals surface area contributed by atoms with E-state index in [1.54, 1.807) is 12.1 Å². The van der Waals surface area contributed by atoms with E-state index < -0.39 is 24.4 Å². The molecule has 1 aliphatic carbocycles. The van der Waals surface area contributed by atoms with Gasteiger partial charge in [-0.2, -0.15) is 0 Å². The molecule has 8 heteroatoms. The fourth-order valence-corrected chi connectivity index (χ4v) is 4.37. The van der Waals surface area contributed by atoms with Gasteiger partial charge >= 0.3 is 5.97 Å². The van der Waals surface area contributed by atoms with E-state index in [2.05, 4.69) is 19.2 Å². The first-order chi connectivity index (χ1) is 15.3. The average molecular weight is 438 g/mol. The molecule has 1 aromatic heterocycles. The maximum atomic E-state index is 12.7. The van der Waals surface area contributed by atoms with Crippen LogP contribution in [0.2, 0.25) is 0 Å². The van der Waals surface area contributed by atoms with Gasteiger partial charge in [-0.25, -0.2) is 4.79 Å². The fraction of sp³-hybridized carbons (Fsp3) is 0.417. The van der Waals surface area contributed by atoms with E-state index >= 15 is 0 Å². The zero-order chi connectivity index (χ0) is 22.8. The minimum absolute atomic E-state index is 0.0114. The number of nitrogens with one attached hydrogen (secondary N) is 1. The summed E-state index contributed by atoms with van der Waals surface area (Å²) in [4.78, 5) is 51.1. The summed E-state index contributed by atoms with van der Waals surface area (Å²) in [5.41, 5.74) is 0.457. The number of ether oxygens (including phenoxy) is 1. The van der Waals surface area contributed by atoms with Crippen molar-refractivity contribution in [2.24, 2.45) is 11.8 Å². The number of fused-ring (bicyclic) bond motifs is 1. The second kappa shape index (κ2) is 8.98. The Morgan fingerprint density at radius 2 is 1.91 bits per heavy atom. The number of benzene rings is 1. The van der Waals surface area contributed by atoms with Crippen molar-refractivity contribution in [2.75, 3.05) is 6.61 Å². The molecule has 1 aliphatic heterocycles. The molecule has 4 rings (SSSR count). The Morgan fingerprint density at radius 1 is 1.12 bits per heavy atom. The summed E-state index contributed by atoms with van der Waals surface area (Å²) in [6.45, 7) is 3.92. The smallest absolute Gasteiger partial charge is 0.338 e. The third kappa shape index (κ3) is 4.30. The van der Waals surface area contributed by atoms with E-state index in [1.807, 2.05) is 0 Å². The molecule has 0 radical (unpaired) electrons. The molecular formula is C24H26N2O6. The number of nitrogens with zero attached hydrogens (tertiary/aromatic N) is 1. The van der Waals surface area contributed by atoms with E-state index in [4.69, 9.17) is 9.15 Å². The molecule has 8 nitrogen and oxygen atoms in total. The highest BCUT2D eigenvalue weighted by atomic mass is 16.5. The molecular weight excluding hydrogens is 412 g/mol. The van der Waals surface area contributed by atoms with Gasteiger partial charge in [-0.3, -0.25) is 19.3 Å². The third-order valence-corrected chi connectivity index (χ3v) is 6.49. The van der Waals surface area contributed by atoms with Gasteiger partial charge < -0.3 is 14.5 Å². The highest BCUT2D eigenvalue weighted by Crippen LogP contribution is 2.29. The maximum absolute atomic E-state index is 12.7. The summed E-state index contributed by atoms with van der Waals surface area (Å²) in [7, 11) is 0. The van der Waals surface area contributed by atoms with Crippen molar-refractivity contribution in [3.8, 4) is 0 Å². The largest absolute Gasteiger partial charge is 0.467 e. The first kappa shape index (κ1) is 21.8. The van der Waals surface area contributed by atoms with Gasteiger partial charge in [-0.05, 0) is 48.6 Å². The number of hydrogen-bond acceptors (Lipinski definition) is 6. The SMILES string of the molecule is CC1CCCC(NC(=O)COC(=O)c2ccc3c(c2)C(=O)N(Cc2ccco2)C3=O)C1C. The summed E-state index contributed by atoms with van der Waals surface area (Å²) in [5.74, 6) is -0.639. The minimum Gasteiger partial charge on any atom is -0.467 e. The normalized spacial score (nSPS) is 22.6. The van der Waals surface area contributed by atoms with Crippen molar-refractivity contribution in [1.82, 2.24) is 10.2 Å². The highest BCUT2D eigenvalue weighted by molar-refractivity contribution is 6.21. The van der Waals surface area contributed by atoms with E-state index in [-0.39, 0.29) is 35.2 Å². The summed E-state index contributed by atoms with van der Waals surface area (Å²) in [6.07, 6.45) is 4.60. The van der Waals surface area contributed by atoms with E-state index in [9.17, 15) is 19.2 Å². The molecule has 3 atom stereocenters. The molecule has 1 saturated carbocycles. The van der Waals surface area contributed by atoms with E-state index in [1.165, 1.54) is 24.5 Å². The van der Waals surface area contributed by atoms with Crippen molar-refractivity contribution in [3.05, 3.63) is 59.0 Å². The standard InChI is InChI=1S/C24H26N2O6/c1-14-5-3-7-20(15(14)2)25-21(27)13-32-24(30)16-8-9-18-19(11-16)23(29)26(22(18)28)12-17-6-4-10-31-17/h4,6,8-11,14-15,20H,3,5,7,12-13H2,1-2H3,(H,25,27). The van der Waals surface area contributed by atoms with Gasteiger partial charge in [0.2, 0.25) is 0 Å². The monoisotopic (exact) mass is 438 g/mol. The zero-order valence-corrected chi connectivity index (χ0v) is 18.1. The minimum atomic E-state index is -0.724. The van der Waals surface area contributed by atoms with Crippen LogP contribution in [0.25, 0.3) is 0 Å². The lowest BCUT2D eigenvalue weighted by Gasteiger charge is -2.34. The van der Waals surface area contributed by atoms with Gasteiger partial charge in [-0.15, -0.1) is 0 Å². The first-order valence-electron chi connectivity index (χ1n) is 10.8. The molecule has 2 aromatic rings. The average Bonchev–Trinajstić information content (AvgIpc) is 3.38. The Kier molecular flexibility index (Phi) is 6.12. The number of carbonyl (C=O) groups is 4. The molecule has 3 unspecified atom stereocenters. The van der Waals surface area contributed by atoms with Gasteiger partial charge in [-0.1, -0.05) is 26.7 Å². The molecule has 2 heterocycles. The van der Waals surface area contributed by atoms with Crippen LogP contribution in [0.4, 0.5) is 0 Å². The number of amides is 3. The quantitative estimate of drug-likeness (QED) is 0.549. The number of furan rings is 1. The van der Waals surface area contributed by atoms with Gasteiger partial charge in [0.15, 0.2) is 6.61 Å². The predicted molar refractivity (Wildman–Crippen MR) is 114 cm³/mol. The van der Waals surface area contributed by atoms with Crippen LogP contribution in [0, 0.1) is 11.8 Å². The van der Waals surface area contributed by atoms with Crippen molar-refractivity contribution >= 4 is 23.7 Å². The van der Waals surface area contributed by atoms with Crippen LogP contribution in [0.5, 0.6) is 0 Å². The molecule has 32 heavy (non-hydrogen) atoms. The lowest BCUT2D eigenvalue weighted by atomic mass is 9.78. The molecule has 2 aliphatic rings. The molecule has 3 amide bonds. The molecule has 168 valence electrons. The lowest BCUT2D eigenvalue weighted by Crippen LogP contribution is -2.45. The van der Waals surface area contributed by atoms with Crippen molar-refractivity contribution < 1.29 is 28.3 Å². The molecule has 1 aromatic carbocycles. The van der Waals surface area contributed by atoms with E-state index in [0.717, 1.165) is 24.2 Å². The van der Waals surface area contributed by atoms with Crippen LogP contribution < -0.4 is 5.32 Å². The Bertz CT molecular complexity index is 1040. The predicted octanol–water partition coefficient (Wildman–Crippen LogP) is 3.17. The topological polar surface area (TPSA) is 106 Å². The van der Waals surface area contributed by atoms with Crippen LogP contribution in [0.3, 0.4) is 0 Å². The summed E-state index contributed by atoms with van der Waals surface area (Å²) >= 11 is 0. The number of imide groups is 1. The van der Waals surface area contributed by atoms with Crippen LogP contribution >= 0.6 is 0 Å². The number of carbonyl (C=O) groups excluding carboxylic acids is 4. The maximum Gasteiger partial charge on any atom is 0.338 e. The van der Waals surface area contributed by atoms with Crippen LogP contribution in [0.15, 0.2) is 41.0 Å². The van der Waals surface area contributed by atoms with Crippen LogP contribution in [-0.4, -0.2) is 41.2 Å². The third-order valence-electron chi connectivity index (χ3n) is 6.49. The Hall–Kier alpha value is -3.42. The Morgan fingerprint density at radius 3 is 2.66 bits per heavy atom. The fourth-order valence-electron chi connectivity index (χ4n) is 4.37. The van der Waals surface area contributed by atoms with Crippen molar-refractivity contribution in [2.45, 2.75) is 45.7 Å². The molecule has 1 fully saturated rings. The summed E-state index contributed by atoms with van der Waals surface area (Å²) in [5, 5.41) is 2.96. The van der Waals surface area contributed by atoms with Crippen molar-refractivity contribution in [1.29, 1.82) is 0 Å². The molecule has 0 spiro atoms. The molecule has 0 saturated heterocycles. The summed E-state index contributed by atoms with van der Waals surface area (Å²) < 4.78 is 10.4. The van der Waals surface area contributed by atoms with Crippen LogP contribution in [0.1, 0.15) is 69.9 Å². The van der Waals surface area contributed by atoms with Gasteiger partial charge in [0.25, 0.3) is 17.7 Å². The second-order valence-corrected chi connectivity index (χ2v) is 8.55. The zero-order valence-electron chi connectivity index (χ0n) is 18.1. The lowest BCUT2D eigenvalue weighted by molar-refractivity contribution is -0.125. The number of hydrogen-bond donors (Lipinski definition) is 1. The number of rotatable bonds is 6. The van der Waals surface area contributed by atoms with Crippen molar-refractivity contribution in [3.63, 3.8) is 0 Å². The number of esters is 1. The van der Waals surface area contributed by atoms with Gasteiger partial charge in [0.1, 0.15) is 5.76 Å².